The van der Waals surface area contributed by atoms with Gasteiger partial charge in [0, 0.05) is 32.8 Å². The van der Waals surface area contributed by atoms with E-state index in [0.717, 1.165) is 66.5 Å². The smallest absolute Gasteiger partial charge is 0.0992 e. The molecule has 0 spiro atoms. The van der Waals surface area contributed by atoms with Gasteiger partial charge in [-0.15, -0.1) is 0 Å². The summed E-state index contributed by atoms with van der Waals surface area (Å²) in [4.78, 5) is 0. The van der Waals surface area contributed by atoms with Crippen molar-refractivity contribution in [3.8, 4) is 45.8 Å². The third-order valence-electron chi connectivity index (χ3n) is 9.38. The number of nitriles is 2. The van der Waals surface area contributed by atoms with E-state index in [9.17, 15) is 10.5 Å². The van der Waals surface area contributed by atoms with E-state index in [1.165, 1.54) is 10.8 Å². The number of hydrogen-bond donors (Lipinski definition) is 0. The molecular weight excluding hydrogens is 585 g/mol. The Bertz CT molecular complexity index is 2750. The van der Waals surface area contributed by atoms with Crippen molar-refractivity contribution in [1.29, 1.82) is 10.5 Å². The summed E-state index contributed by atoms with van der Waals surface area (Å²) in [6, 6.07) is 59.0. The first-order valence-electron chi connectivity index (χ1n) is 15.9. The molecule has 4 nitrogen and oxygen atoms in total. The average Bonchev–Trinajstić information content (AvgIpc) is 3.67. The van der Waals surface area contributed by atoms with Gasteiger partial charge in [-0.25, -0.2) is 0 Å². The van der Waals surface area contributed by atoms with Crippen LogP contribution in [0.3, 0.4) is 0 Å². The van der Waals surface area contributed by atoms with Gasteiger partial charge in [-0.1, -0.05) is 97.1 Å². The topological polar surface area (TPSA) is 57.4 Å². The molecule has 0 aliphatic carbocycles. The fourth-order valence-electron chi connectivity index (χ4n) is 7.20. The third kappa shape index (κ3) is 4.22. The third-order valence-corrected chi connectivity index (χ3v) is 9.38. The van der Waals surface area contributed by atoms with Crippen LogP contribution in [-0.4, -0.2) is 9.13 Å². The monoisotopic (exact) mass is 610 g/mol. The van der Waals surface area contributed by atoms with Crippen LogP contribution >= 0.6 is 0 Å². The van der Waals surface area contributed by atoms with Crippen LogP contribution in [-0.2, 0) is 0 Å². The highest BCUT2D eigenvalue weighted by Crippen LogP contribution is 2.38. The molecule has 0 saturated carbocycles. The summed E-state index contributed by atoms with van der Waals surface area (Å²) in [5.74, 6) is 0. The molecule has 9 rings (SSSR count). The summed E-state index contributed by atoms with van der Waals surface area (Å²) < 4.78 is 4.52. The van der Waals surface area contributed by atoms with E-state index in [-0.39, 0.29) is 0 Å². The van der Waals surface area contributed by atoms with Crippen molar-refractivity contribution in [2.45, 2.75) is 0 Å². The lowest BCUT2D eigenvalue weighted by Gasteiger charge is -2.15. The number of fused-ring (bicyclic) bond motifs is 6. The first-order valence-corrected chi connectivity index (χ1v) is 15.9. The van der Waals surface area contributed by atoms with Gasteiger partial charge in [0.1, 0.15) is 0 Å². The average molecular weight is 611 g/mol. The van der Waals surface area contributed by atoms with Crippen LogP contribution < -0.4 is 0 Å². The minimum atomic E-state index is 0.620. The second kappa shape index (κ2) is 10.9. The Morgan fingerprint density at radius 1 is 0.375 bits per heavy atom. The quantitative estimate of drug-likeness (QED) is 0.199. The molecule has 7 aromatic carbocycles. The number of benzene rings is 7. The van der Waals surface area contributed by atoms with Crippen molar-refractivity contribution in [3.63, 3.8) is 0 Å². The Morgan fingerprint density at radius 3 is 1.56 bits per heavy atom. The molecule has 4 heteroatoms. The molecule has 0 aliphatic heterocycles. The Hall–Kier alpha value is -6.88. The van der Waals surface area contributed by atoms with Gasteiger partial charge >= 0.3 is 0 Å². The maximum absolute atomic E-state index is 9.90. The first-order chi connectivity index (χ1) is 23.7. The zero-order valence-electron chi connectivity index (χ0n) is 25.8. The molecule has 9 aromatic rings. The molecule has 0 unspecified atom stereocenters. The maximum Gasteiger partial charge on any atom is 0.0992 e. The number of rotatable bonds is 4. The van der Waals surface area contributed by atoms with Crippen molar-refractivity contribution in [2.75, 3.05) is 0 Å². The number of para-hydroxylation sites is 3. The molecule has 222 valence electrons. The lowest BCUT2D eigenvalue weighted by atomic mass is 9.96. The van der Waals surface area contributed by atoms with Gasteiger partial charge in [-0.2, -0.15) is 10.5 Å². The van der Waals surface area contributed by atoms with Gasteiger partial charge in [0.2, 0.25) is 0 Å². The highest BCUT2D eigenvalue weighted by Gasteiger charge is 2.17. The van der Waals surface area contributed by atoms with Crippen molar-refractivity contribution >= 4 is 43.6 Å². The molecule has 48 heavy (non-hydrogen) atoms. The minimum absolute atomic E-state index is 0.620. The molecule has 0 fully saturated rings. The van der Waals surface area contributed by atoms with Crippen molar-refractivity contribution in [1.82, 2.24) is 9.13 Å². The Labute approximate surface area is 277 Å². The summed E-state index contributed by atoms with van der Waals surface area (Å²) in [7, 11) is 0. The summed E-state index contributed by atoms with van der Waals surface area (Å²) in [6.45, 7) is 0. The zero-order chi connectivity index (χ0) is 32.2. The van der Waals surface area contributed by atoms with Crippen molar-refractivity contribution in [2.24, 2.45) is 0 Å². The highest BCUT2D eigenvalue weighted by atomic mass is 15.0. The number of hydrogen-bond acceptors (Lipinski definition) is 2. The van der Waals surface area contributed by atoms with Crippen LogP contribution in [0.25, 0.3) is 77.2 Å². The molecule has 2 heterocycles. The SMILES string of the molecule is N#Cc1ccc(-c2cccc(-c3ccc(-n4c5ccccc5c5ccc(C#N)cc54)cc3)c2)c(-n2c3ccccc3c3ccccc32)c1. The van der Waals surface area contributed by atoms with Gasteiger partial charge in [-0.3, -0.25) is 0 Å². The fraction of sp³-hybridized carbons (Fsp3) is 0. The number of aromatic nitrogens is 2. The molecule has 2 aromatic heterocycles. The largest absolute Gasteiger partial charge is 0.309 e. The predicted molar refractivity (Wildman–Crippen MR) is 195 cm³/mol. The molecule has 0 saturated heterocycles. The second-order valence-electron chi connectivity index (χ2n) is 12.0. The van der Waals surface area contributed by atoms with E-state index >= 15 is 0 Å². The van der Waals surface area contributed by atoms with Crippen LogP contribution in [0.4, 0.5) is 0 Å². The number of nitrogens with zero attached hydrogens (tertiary/aromatic N) is 4. The van der Waals surface area contributed by atoms with Gasteiger partial charge in [0.15, 0.2) is 0 Å². The predicted octanol–water partition coefficient (Wildman–Crippen LogP) is 11.0. The Balaban J connectivity index is 1.17. The lowest BCUT2D eigenvalue weighted by Crippen LogP contribution is -1.98. The molecule has 0 N–H and O–H groups in total. The van der Waals surface area contributed by atoms with E-state index in [2.05, 4.69) is 149 Å². The fourth-order valence-corrected chi connectivity index (χ4v) is 7.20. The van der Waals surface area contributed by atoms with E-state index in [0.29, 0.717) is 11.1 Å². The van der Waals surface area contributed by atoms with E-state index in [1.54, 1.807) is 0 Å². The van der Waals surface area contributed by atoms with E-state index in [4.69, 9.17) is 0 Å². The van der Waals surface area contributed by atoms with Crippen molar-refractivity contribution < 1.29 is 0 Å². The van der Waals surface area contributed by atoms with Gasteiger partial charge in [0.25, 0.3) is 0 Å². The summed E-state index contributed by atoms with van der Waals surface area (Å²) in [5, 5.41) is 24.2. The van der Waals surface area contributed by atoms with Crippen LogP contribution in [0.2, 0.25) is 0 Å². The lowest BCUT2D eigenvalue weighted by molar-refractivity contribution is 1.18. The van der Waals surface area contributed by atoms with Gasteiger partial charge in [-0.05, 0) is 77.4 Å². The first kappa shape index (κ1) is 27.4. The van der Waals surface area contributed by atoms with Crippen molar-refractivity contribution in [3.05, 3.63) is 169 Å². The van der Waals surface area contributed by atoms with E-state index in [1.807, 2.05) is 30.3 Å². The standard InChI is InChI=1S/C44H26N4/c45-27-29-16-22-35(43(24-29)48-41-14-5-2-10-36(41)37-11-3-6-15-42(37)48)33-9-7-8-32(26-33)31-18-20-34(21-19-31)47-40-13-4-1-12-38(40)39-23-17-30(28-46)25-44(39)47/h1-26H. The summed E-state index contributed by atoms with van der Waals surface area (Å²) in [5.41, 5.74) is 11.9. The highest BCUT2D eigenvalue weighted by molar-refractivity contribution is 6.10. The molecule has 0 atom stereocenters. The molecule has 0 aliphatic rings. The van der Waals surface area contributed by atoms with E-state index < -0.39 is 0 Å². The Morgan fingerprint density at radius 2 is 0.917 bits per heavy atom. The van der Waals surface area contributed by atoms with Crippen LogP contribution in [0.15, 0.2) is 158 Å². The Kier molecular flexibility index (Phi) is 6.22. The van der Waals surface area contributed by atoms with Crippen LogP contribution in [0.5, 0.6) is 0 Å². The van der Waals surface area contributed by atoms with Crippen LogP contribution in [0, 0.1) is 22.7 Å². The molecule has 0 bridgehead atoms. The maximum atomic E-state index is 9.90. The molecule has 0 radical (unpaired) electrons. The molecular formula is C44H26N4. The van der Waals surface area contributed by atoms with Crippen LogP contribution in [0.1, 0.15) is 11.1 Å². The normalized spacial score (nSPS) is 11.3. The second-order valence-corrected chi connectivity index (χ2v) is 12.0. The van der Waals surface area contributed by atoms with Gasteiger partial charge < -0.3 is 9.13 Å². The molecule has 0 amide bonds. The zero-order valence-corrected chi connectivity index (χ0v) is 25.8. The summed E-state index contributed by atoms with van der Waals surface area (Å²) >= 11 is 0. The summed E-state index contributed by atoms with van der Waals surface area (Å²) in [6.07, 6.45) is 0. The van der Waals surface area contributed by atoms with Gasteiger partial charge in [0.05, 0.1) is 51.0 Å². The minimum Gasteiger partial charge on any atom is -0.309 e.